The van der Waals surface area contributed by atoms with Crippen molar-refractivity contribution in [2.45, 2.75) is 38.2 Å². The maximum atomic E-state index is 15.2. The second kappa shape index (κ2) is 11.4. The van der Waals surface area contributed by atoms with E-state index in [1.807, 2.05) is 42.5 Å². The summed E-state index contributed by atoms with van der Waals surface area (Å²) in [6, 6.07) is 17.0. The molecular weight excluding hydrogens is 513 g/mol. The number of fused-ring (bicyclic) bond motifs is 1. The minimum Gasteiger partial charge on any atom is -0.489 e. The summed E-state index contributed by atoms with van der Waals surface area (Å²) in [5.41, 5.74) is 11.4. The smallest absolute Gasteiger partial charge is 0.149 e. The van der Waals surface area contributed by atoms with E-state index in [0.717, 1.165) is 72.5 Å². The maximum absolute atomic E-state index is 15.2. The molecule has 3 aromatic carbocycles. The van der Waals surface area contributed by atoms with Crippen LogP contribution in [0.15, 0.2) is 54.6 Å². The van der Waals surface area contributed by atoms with Crippen LogP contribution in [0.4, 0.5) is 14.5 Å². The van der Waals surface area contributed by atoms with Crippen molar-refractivity contribution in [3.05, 3.63) is 92.7 Å². The van der Waals surface area contributed by atoms with Gasteiger partial charge in [-0.1, -0.05) is 47.5 Å². The minimum atomic E-state index is -0.350. The van der Waals surface area contributed by atoms with Crippen molar-refractivity contribution in [1.29, 1.82) is 0 Å². The molecule has 0 bridgehead atoms. The molecule has 5 rings (SSSR count). The van der Waals surface area contributed by atoms with Gasteiger partial charge in [0.05, 0.1) is 12.4 Å². The van der Waals surface area contributed by atoms with Crippen molar-refractivity contribution in [1.82, 2.24) is 4.90 Å². The Morgan fingerprint density at radius 2 is 1.78 bits per heavy atom. The van der Waals surface area contributed by atoms with Crippen molar-refractivity contribution in [3.8, 4) is 5.75 Å². The minimum absolute atomic E-state index is 0.0868. The molecule has 0 saturated carbocycles. The quantitative estimate of drug-likeness (QED) is 0.309. The van der Waals surface area contributed by atoms with Gasteiger partial charge in [-0.15, -0.1) is 0 Å². The summed E-state index contributed by atoms with van der Waals surface area (Å²) in [7, 11) is 0. The third-order valence-electron chi connectivity index (χ3n) is 7.24. The lowest BCUT2D eigenvalue weighted by atomic mass is 9.87. The molecule has 0 unspecified atom stereocenters. The van der Waals surface area contributed by atoms with E-state index in [4.69, 9.17) is 33.7 Å². The zero-order valence-electron chi connectivity index (χ0n) is 20.6. The van der Waals surface area contributed by atoms with Gasteiger partial charge in [0.2, 0.25) is 0 Å². The normalized spacial score (nSPS) is 18.1. The van der Waals surface area contributed by atoms with Gasteiger partial charge in [-0.3, -0.25) is 9.29 Å². The Balaban J connectivity index is 1.51. The van der Waals surface area contributed by atoms with Crippen molar-refractivity contribution in [2.75, 3.05) is 32.0 Å². The molecule has 2 N–H and O–H groups in total. The van der Waals surface area contributed by atoms with E-state index in [2.05, 4.69) is 4.90 Å². The number of allylic oxidation sites excluding steroid dienone is 1. The summed E-state index contributed by atoms with van der Waals surface area (Å²) < 4.78 is 33.9. The van der Waals surface area contributed by atoms with Crippen LogP contribution in [0, 0.1) is 5.82 Å². The Kier molecular flexibility index (Phi) is 8.04. The SMILES string of the molecule is Nc1ccc2c(c1F)CCCC(c1ccc(Cl)cc1Cl)=C2c1ccc(O[C@H]2CCN(CCCF)C2)cc1. The molecule has 3 aromatic rings. The number of hydrogen-bond donors (Lipinski definition) is 1. The highest BCUT2D eigenvalue weighted by Crippen LogP contribution is 2.43. The van der Waals surface area contributed by atoms with Gasteiger partial charge >= 0.3 is 0 Å². The predicted molar refractivity (Wildman–Crippen MR) is 149 cm³/mol. The number of halogens is 4. The fourth-order valence-electron chi connectivity index (χ4n) is 5.45. The summed E-state index contributed by atoms with van der Waals surface area (Å²) in [5.74, 6) is 0.432. The first-order chi connectivity index (χ1) is 17.9. The first kappa shape index (κ1) is 26.0. The molecule has 0 amide bonds. The summed E-state index contributed by atoms with van der Waals surface area (Å²) in [6.07, 6.45) is 3.67. The van der Waals surface area contributed by atoms with E-state index >= 15 is 4.39 Å². The van der Waals surface area contributed by atoms with Gasteiger partial charge in [0.15, 0.2) is 0 Å². The van der Waals surface area contributed by atoms with Gasteiger partial charge in [-0.25, -0.2) is 4.39 Å². The molecule has 0 radical (unpaired) electrons. The van der Waals surface area contributed by atoms with Crippen LogP contribution in [0.2, 0.25) is 10.0 Å². The van der Waals surface area contributed by atoms with Gasteiger partial charge < -0.3 is 10.5 Å². The zero-order chi connectivity index (χ0) is 25.9. The third kappa shape index (κ3) is 5.64. The lowest BCUT2D eigenvalue weighted by molar-refractivity contribution is 0.198. The van der Waals surface area contributed by atoms with Gasteiger partial charge in [0, 0.05) is 29.7 Å². The topological polar surface area (TPSA) is 38.5 Å². The molecule has 3 nitrogen and oxygen atoms in total. The zero-order valence-corrected chi connectivity index (χ0v) is 22.1. The van der Waals surface area contributed by atoms with Crippen LogP contribution in [-0.4, -0.2) is 37.3 Å². The Hall–Kier alpha value is -2.60. The van der Waals surface area contributed by atoms with E-state index in [-0.39, 0.29) is 24.3 Å². The molecule has 2 aliphatic rings. The molecule has 37 heavy (non-hydrogen) atoms. The summed E-state index contributed by atoms with van der Waals surface area (Å²) in [6.45, 7) is 2.20. The lowest BCUT2D eigenvalue weighted by Gasteiger charge is -2.19. The number of nitrogens with zero attached hydrogens (tertiary/aromatic N) is 1. The van der Waals surface area contributed by atoms with Crippen molar-refractivity contribution in [3.63, 3.8) is 0 Å². The Labute approximate surface area is 226 Å². The third-order valence-corrected chi connectivity index (χ3v) is 7.78. The monoisotopic (exact) mass is 542 g/mol. The van der Waals surface area contributed by atoms with Crippen LogP contribution < -0.4 is 10.5 Å². The highest BCUT2D eigenvalue weighted by molar-refractivity contribution is 6.36. The molecule has 194 valence electrons. The van der Waals surface area contributed by atoms with E-state index in [1.54, 1.807) is 12.1 Å². The Morgan fingerprint density at radius 1 is 1.00 bits per heavy atom. The fourth-order valence-corrected chi connectivity index (χ4v) is 5.98. The molecule has 1 aliphatic heterocycles. The van der Waals surface area contributed by atoms with Gasteiger partial charge in [0.1, 0.15) is 17.7 Å². The molecule has 0 spiro atoms. The highest BCUT2D eigenvalue weighted by Gasteiger charge is 2.26. The molecule has 1 heterocycles. The van der Waals surface area contributed by atoms with Crippen LogP contribution in [0.5, 0.6) is 5.75 Å². The highest BCUT2D eigenvalue weighted by atomic mass is 35.5. The lowest BCUT2D eigenvalue weighted by Crippen LogP contribution is -2.26. The second-order valence-corrected chi connectivity index (χ2v) is 10.6. The molecule has 0 aromatic heterocycles. The van der Waals surface area contributed by atoms with Crippen LogP contribution in [0.3, 0.4) is 0 Å². The molecule has 1 saturated heterocycles. The number of likely N-dealkylation sites (tertiary alicyclic amines) is 1. The van der Waals surface area contributed by atoms with Gasteiger partial charge in [-0.2, -0.15) is 0 Å². The first-order valence-electron chi connectivity index (χ1n) is 12.8. The van der Waals surface area contributed by atoms with Crippen molar-refractivity contribution < 1.29 is 13.5 Å². The number of rotatable bonds is 7. The summed E-state index contributed by atoms with van der Waals surface area (Å²) in [4.78, 5) is 2.24. The molecule has 1 aliphatic carbocycles. The number of benzene rings is 3. The molecular formula is C30H30Cl2F2N2O. The van der Waals surface area contributed by atoms with Gasteiger partial charge in [-0.05, 0) is 95.8 Å². The second-order valence-electron chi connectivity index (χ2n) is 9.72. The number of hydrogen-bond acceptors (Lipinski definition) is 3. The maximum Gasteiger partial charge on any atom is 0.149 e. The summed E-state index contributed by atoms with van der Waals surface area (Å²) in [5, 5.41) is 1.14. The Bertz CT molecular complexity index is 1310. The number of ether oxygens (including phenoxy) is 1. The largest absolute Gasteiger partial charge is 0.489 e. The summed E-state index contributed by atoms with van der Waals surface area (Å²) >= 11 is 12.8. The van der Waals surface area contributed by atoms with Crippen molar-refractivity contribution >= 4 is 40.0 Å². The van der Waals surface area contributed by atoms with Crippen molar-refractivity contribution in [2.24, 2.45) is 0 Å². The van der Waals surface area contributed by atoms with Crippen LogP contribution in [0.1, 0.15) is 47.9 Å². The standard InChI is InChI=1S/C30H30Cl2F2N2O/c31-20-7-10-23(27(32)17-20)24-3-1-4-26-25(11-12-28(35)30(26)34)29(24)19-5-8-21(9-6-19)37-22-13-16-36(18-22)15-2-14-33/h5-12,17,22H,1-4,13-16,18,35H2/t22-/m0/s1. The average molecular weight is 543 g/mol. The van der Waals surface area contributed by atoms with Crippen LogP contribution >= 0.6 is 23.2 Å². The van der Waals surface area contributed by atoms with E-state index in [1.165, 1.54) is 0 Å². The van der Waals surface area contributed by atoms with E-state index in [0.29, 0.717) is 28.5 Å². The van der Waals surface area contributed by atoms with Crippen LogP contribution in [0.25, 0.3) is 11.1 Å². The average Bonchev–Trinajstić information content (AvgIpc) is 3.24. The Morgan fingerprint density at radius 3 is 2.54 bits per heavy atom. The fraction of sp³-hybridized carbons (Fsp3) is 0.333. The number of anilines is 1. The molecule has 7 heteroatoms. The molecule has 1 atom stereocenters. The number of alkyl halides is 1. The van der Waals surface area contributed by atoms with Crippen LogP contribution in [-0.2, 0) is 6.42 Å². The number of nitrogens with two attached hydrogens (primary N) is 1. The van der Waals surface area contributed by atoms with E-state index < -0.39 is 0 Å². The number of nitrogen functional groups attached to an aromatic ring is 1. The van der Waals surface area contributed by atoms with Gasteiger partial charge in [0.25, 0.3) is 0 Å². The molecule has 1 fully saturated rings. The first-order valence-corrected chi connectivity index (χ1v) is 13.5. The van der Waals surface area contributed by atoms with E-state index in [9.17, 15) is 4.39 Å². The predicted octanol–water partition coefficient (Wildman–Crippen LogP) is 7.82.